The van der Waals surface area contributed by atoms with Crippen molar-refractivity contribution in [2.24, 2.45) is 0 Å². The Hall–Kier alpha value is -1.15. The Labute approximate surface area is 126 Å². The Morgan fingerprint density at radius 2 is 2.20 bits per heavy atom. The average Bonchev–Trinajstić information content (AvgIpc) is 2.79. The fraction of sp³-hybridized carbons (Fsp3) is 0.250. The van der Waals surface area contributed by atoms with Crippen molar-refractivity contribution in [2.45, 2.75) is 18.2 Å². The van der Waals surface area contributed by atoms with E-state index in [9.17, 15) is 8.42 Å². The van der Waals surface area contributed by atoms with Crippen LogP contribution in [-0.4, -0.2) is 25.1 Å². The van der Waals surface area contributed by atoms with Crippen LogP contribution in [0.1, 0.15) is 10.4 Å². The topological polar surface area (TPSA) is 79.3 Å². The monoisotopic (exact) mass is 332 g/mol. The van der Waals surface area contributed by atoms with E-state index in [2.05, 4.69) is 9.71 Å². The molecule has 0 aliphatic heterocycles. The van der Waals surface area contributed by atoms with E-state index in [-0.39, 0.29) is 16.6 Å². The molecule has 1 aromatic heterocycles. The van der Waals surface area contributed by atoms with Crippen molar-refractivity contribution in [3.63, 3.8) is 0 Å². The van der Waals surface area contributed by atoms with Crippen LogP contribution in [0.15, 0.2) is 29.3 Å². The number of aliphatic hydroxyl groups excluding tert-OH is 1. The molecule has 0 unspecified atom stereocenters. The lowest BCUT2D eigenvalue weighted by molar-refractivity contribution is 0.300. The van der Waals surface area contributed by atoms with Gasteiger partial charge in [-0.2, -0.15) is 0 Å². The van der Waals surface area contributed by atoms with Crippen LogP contribution in [0, 0.1) is 6.92 Å². The van der Waals surface area contributed by atoms with E-state index in [4.69, 9.17) is 16.7 Å². The minimum atomic E-state index is -3.72. The first-order valence-electron chi connectivity index (χ1n) is 5.77. The molecule has 1 heterocycles. The molecule has 0 amide bonds. The van der Waals surface area contributed by atoms with Crippen molar-refractivity contribution in [1.29, 1.82) is 0 Å². The summed E-state index contributed by atoms with van der Waals surface area (Å²) in [5.41, 5.74) is 0.494. The molecule has 1 aromatic carbocycles. The van der Waals surface area contributed by atoms with Crippen molar-refractivity contribution in [1.82, 2.24) is 4.98 Å². The molecule has 2 rings (SSSR count). The van der Waals surface area contributed by atoms with E-state index < -0.39 is 10.0 Å². The van der Waals surface area contributed by atoms with Crippen molar-refractivity contribution in [3.05, 3.63) is 39.9 Å². The maximum Gasteiger partial charge on any atom is 0.263 e. The minimum absolute atomic E-state index is 0.00177. The van der Waals surface area contributed by atoms with Gasteiger partial charge in [-0.3, -0.25) is 4.72 Å². The number of anilines is 1. The molecule has 2 N–H and O–H groups in total. The highest BCUT2D eigenvalue weighted by atomic mass is 35.5. The lowest BCUT2D eigenvalue weighted by Crippen LogP contribution is -2.14. The van der Waals surface area contributed by atoms with Gasteiger partial charge in [-0.05, 0) is 24.6 Å². The summed E-state index contributed by atoms with van der Waals surface area (Å²) in [6.45, 7) is 1.65. The van der Waals surface area contributed by atoms with Crippen LogP contribution in [0.5, 0.6) is 0 Å². The number of aromatic nitrogens is 1. The largest absolute Gasteiger partial charge is 0.396 e. The Balaban J connectivity index is 2.28. The summed E-state index contributed by atoms with van der Waals surface area (Å²) in [5, 5.41) is 9.50. The molecule has 0 saturated carbocycles. The maximum atomic E-state index is 12.3. The lowest BCUT2D eigenvalue weighted by Gasteiger charge is -2.09. The zero-order valence-electron chi connectivity index (χ0n) is 10.6. The maximum absolute atomic E-state index is 12.3. The average molecular weight is 333 g/mol. The SMILES string of the molecule is Cc1c(Cl)cccc1S(=O)(=O)Nc1ncc(CCO)s1. The Morgan fingerprint density at radius 3 is 2.90 bits per heavy atom. The van der Waals surface area contributed by atoms with Crippen LogP contribution < -0.4 is 4.72 Å². The van der Waals surface area contributed by atoms with E-state index in [1.807, 2.05) is 0 Å². The number of nitrogens with one attached hydrogen (secondary N) is 1. The quantitative estimate of drug-likeness (QED) is 0.881. The minimum Gasteiger partial charge on any atom is -0.396 e. The number of aliphatic hydroxyl groups is 1. The number of sulfonamides is 1. The normalized spacial score (nSPS) is 11.6. The standard InChI is InChI=1S/C12H13ClN2O3S2/c1-8-10(13)3-2-4-11(8)20(17,18)15-12-14-7-9(19-12)5-6-16/h2-4,7,16H,5-6H2,1H3,(H,14,15). The predicted octanol–water partition coefficient (Wildman–Crippen LogP) is 2.44. The van der Waals surface area contributed by atoms with Crippen molar-refractivity contribution < 1.29 is 13.5 Å². The van der Waals surface area contributed by atoms with Gasteiger partial charge in [0.05, 0.1) is 4.90 Å². The van der Waals surface area contributed by atoms with Gasteiger partial charge in [0.2, 0.25) is 0 Å². The van der Waals surface area contributed by atoms with Crippen molar-refractivity contribution in [2.75, 3.05) is 11.3 Å². The van der Waals surface area contributed by atoms with Crippen LogP contribution in [0.4, 0.5) is 5.13 Å². The molecular weight excluding hydrogens is 320 g/mol. The smallest absolute Gasteiger partial charge is 0.263 e. The highest BCUT2D eigenvalue weighted by Gasteiger charge is 2.19. The summed E-state index contributed by atoms with van der Waals surface area (Å²) in [6.07, 6.45) is 2.00. The molecule has 0 aliphatic rings. The van der Waals surface area contributed by atoms with Crippen LogP contribution in [0.3, 0.4) is 0 Å². The van der Waals surface area contributed by atoms with Crippen molar-refractivity contribution >= 4 is 38.1 Å². The second kappa shape index (κ2) is 6.09. The highest BCUT2D eigenvalue weighted by Crippen LogP contribution is 2.26. The number of rotatable bonds is 5. The van der Waals surface area contributed by atoms with Gasteiger partial charge in [0, 0.05) is 29.1 Å². The summed E-state index contributed by atoms with van der Waals surface area (Å²) < 4.78 is 27.0. The van der Waals surface area contributed by atoms with Gasteiger partial charge in [0.1, 0.15) is 0 Å². The van der Waals surface area contributed by atoms with Crippen molar-refractivity contribution in [3.8, 4) is 0 Å². The van der Waals surface area contributed by atoms with E-state index in [0.29, 0.717) is 17.0 Å². The molecule has 8 heteroatoms. The molecule has 0 radical (unpaired) electrons. The second-order valence-corrected chi connectivity index (χ2v) is 7.25. The number of nitrogens with zero attached hydrogens (tertiary/aromatic N) is 1. The Bertz CT molecular complexity index is 713. The molecule has 0 spiro atoms. The van der Waals surface area contributed by atoms with E-state index in [1.165, 1.54) is 17.4 Å². The zero-order chi connectivity index (χ0) is 14.8. The van der Waals surface area contributed by atoms with E-state index >= 15 is 0 Å². The first kappa shape index (κ1) is 15.2. The number of hydrogen-bond donors (Lipinski definition) is 2. The van der Waals surface area contributed by atoms with E-state index in [0.717, 1.165) is 4.88 Å². The number of halogens is 1. The summed E-state index contributed by atoms with van der Waals surface area (Å²) >= 11 is 7.13. The molecule has 0 aliphatic carbocycles. The molecule has 0 saturated heterocycles. The molecule has 0 fully saturated rings. The molecule has 0 atom stereocenters. The third-order valence-corrected chi connectivity index (χ3v) is 5.64. The van der Waals surface area contributed by atoms with Crippen LogP contribution >= 0.6 is 22.9 Å². The number of benzene rings is 1. The summed E-state index contributed by atoms with van der Waals surface area (Å²) in [5.74, 6) is 0. The summed E-state index contributed by atoms with van der Waals surface area (Å²) in [7, 11) is -3.72. The summed E-state index contributed by atoms with van der Waals surface area (Å²) in [6, 6.07) is 4.72. The third-order valence-electron chi connectivity index (χ3n) is 2.64. The molecule has 108 valence electrons. The lowest BCUT2D eigenvalue weighted by atomic mass is 10.2. The molecule has 20 heavy (non-hydrogen) atoms. The van der Waals surface area contributed by atoms with Gasteiger partial charge in [0.25, 0.3) is 10.0 Å². The van der Waals surface area contributed by atoms with Gasteiger partial charge in [-0.1, -0.05) is 17.7 Å². The van der Waals surface area contributed by atoms with Gasteiger partial charge in [0.15, 0.2) is 5.13 Å². The van der Waals surface area contributed by atoms with Crippen LogP contribution in [0.2, 0.25) is 5.02 Å². The van der Waals surface area contributed by atoms with Gasteiger partial charge in [-0.25, -0.2) is 13.4 Å². The first-order valence-corrected chi connectivity index (χ1v) is 8.45. The third kappa shape index (κ3) is 3.29. The molecule has 5 nitrogen and oxygen atoms in total. The fourth-order valence-electron chi connectivity index (χ4n) is 1.63. The highest BCUT2D eigenvalue weighted by molar-refractivity contribution is 7.93. The predicted molar refractivity (Wildman–Crippen MR) is 79.9 cm³/mol. The van der Waals surface area contributed by atoms with Gasteiger partial charge in [-0.15, -0.1) is 11.3 Å². The molecule has 2 aromatic rings. The van der Waals surface area contributed by atoms with E-state index in [1.54, 1.807) is 25.3 Å². The van der Waals surface area contributed by atoms with Gasteiger partial charge < -0.3 is 5.11 Å². The molecular formula is C12H13ClN2O3S2. The van der Waals surface area contributed by atoms with Crippen LogP contribution in [0.25, 0.3) is 0 Å². The number of hydrogen-bond acceptors (Lipinski definition) is 5. The first-order chi connectivity index (χ1) is 9.44. The molecule has 0 bridgehead atoms. The van der Waals surface area contributed by atoms with Crippen LogP contribution in [-0.2, 0) is 16.4 Å². The number of thiazole rings is 1. The summed E-state index contributed by atoms with van der Waals surface area (Å²) in [4.78, 5) is 4.92. The second-order valence-electron chi connectivity index (χ2n) is 4.07. The zero-order valence-corrected chi connectivity index (χ0v) is 13.0. The Morgan fingerprint density at radius 1 is 1.45 bits per heavy atom. The fourth-order valence-corrected chi connectivity index (χ4v) is 4.17. The van der Waals surface area contributed by atoms with Gasteiger partial charge >= 0.3 is 0 Å². The Kier molecular flexibility index (Phi) is 4.64.